The Morgan fingerprint density at radius 2 is 2.04 bits per heavy atom. The first-order valence-electron chi connectivity index (χ1n) is 9.14. The van der Waals surface area contributed by atoms with Crippen LogP contribution < -0.4 is 10.1 Å². The van der Waals surface area contributed by atoms with Gasteiger partial charge in [0.2, 0.25) is 5.91 Å². The molecule has 0 saturated carbocycles. The average Bonchev–Trinajstić information content (AvgIpc) is 3.06. The SMILES string of the molecule is O=C(CN1CCCC1Cc1cccc(F)c1)NCCOc1ccccc1. The van der Waals surface area contributed by atoms with Crippen LogP contribution in [-0.2, 0) is 11.2 Å². The number of para-hydroxylation sites is 1. The van der Waals surface area contributed by atoms with E-state index in [9.17, 15) is 9.18 Å². The van der Waals surface area contributed by atoms with Crippen molar-refractivity contribution in [2.24, 2.45) is 0 Å². The summed E-state index contributed by atoms with van der Waals surface area (Å²) in [5, 5.41) is 2.91. The van der Waals surface area contributed by atoms with Gasteiger partial charge in [0.1, 0.15) is 18.2 Å². The monoisotopic (exact) mass is 356 g/mol. The van der Waals surface area contributed by atoms with Crippen molar-refractivity contribution in [1.29, 1.82) is 0 Å². The van der Waals surface area contributed by atoms with Crippen molar-refractivity contribution in [3.63, 3.8) is 0 Å². The highest BCUT2D eigenvalue weighted by Gasteiger charge is 2.26. The van der Waals surface area contributed by atoms with Gasteiger partial charge in [0.15, 0.2) is 0 Å². The zero-order valence-corrected chi connectivity index (χ0v) is 14.9. The van der Waals surface area contributed by atoms with Crippen LogP contribution in [0.5, 0.6) is 5.75 Å². The summed E-state index contributed by atoms with van der Waals surface area (Å²) in [5.74, 6) is 0.604. The first-order valence-corrected chi connectivity index (χ1v) is 9.14. The second kappa shape index (κ2) is 9.34. The summed E-state index contributed by atoms with van der Waals surface area (Å²) in [4.78, 5) is 14.4. The first-order chi connectivity index (χ1) is 12.7. The average molecular weight is 356 g/mol. The summed E-state index contributed by atoms with van der Waals surface area (Å²) in [5.41, 5.74) is 0.985. The van der Waals surface area contributed by atoms with Crippen LogP contribution in [0, 0.1) is 5.82 Å². The summed E-state index contributed by atoms with van der Waals surface area (Å²) in [6.45, 7) is 2.22. The molecule has 3 rings (SSSR count). The van der Waals surface area contributed by atoms with Gasteiger partial charge in [-0.1, -0.05) is 30.3 Å². The molecule has 0 aromatic heterocycles. The predicted molar refractivity (Wildman–Crippen MR) is 99.6 cm³/mol. The number of carbonyl (C=O) groups excluding carboxylic acids is 1. The second-order valence-electron chi connectivity index (χ2n) is 6.61. The lowest BCUT2D eigenvalue weighted by atomic mass is 10.0. The summed E-state index contributed by atoms with van der Waals surface area (Å²) >= 11 is 0. The fourth-order valence-corrected chi connectivity index (χ4v) is 3.39. The molecule has 4 nitrogen and oxygen atoms in total. The Morgan fingerprint density at radius 1 is 1.19 bits per heavy atom. The van der Waals surface area contributed by atoms with E-state index >= 15 is 0 Å². The van der Waals surface area contributed by atoms with Crippen LogP contribution in [0.1, 0.15) is 18.4 Å². The quantitative estimate of drug-likeness (QED) is 0.739. The van der Waals surface area contributed by atoms with Gasteiger partial charge in [-0.15, -0.1) is 0 Å². The van der Waals surface area contributed by atoms with E-state index in [1.54, 1.807) is 12.1 Å². The standard InChI is InChI=1S/C21H25FN2O2/c22-18-7-4-6-17(14-18)15-19-8-5-12-24(19)16-21(25)23-11-13-26-20-9-2-1-3-10-20/h1-4,6-7,9-10,14,19H,5,8,11-13,15-16H2,(H,23,25). The Bertz CT molecular complexity index is 708. The lowest BCUT2D eigenvalue weighted by Gasteiger charge is -2.24. The Morgan fingerprint density at radius 3 is 2.85 bits per heavy atom. The van der Waals surface area contributed by atoms with E-state index in [1.165, 1.54) is 6.07 Å². The van der Waals surface area contributed by atoms with Crippen LogP contribution >= 0.6 is 0 Å². The number of benzene rings is 2. The van der Waals surface area contributed by atoms with Crippen LogP contribution in [0.4, 0.5) is 4.39 Å². The maximum atomic E-state index is 13.4. The maximum absolute atomic E-state index is 13.4. The van der Waals surface area contributed by atoms with Crippen LogP contribution in [0.2, 0.25) is 0 Å². The van der Waals surface area contributed by atoms with Crippen LogP contribution in [-0.4, -0.2) is 43.1 Å². The minimum absolute atomic E-state index is 0.00723. The lowest BCUT2D eigenvalue weighted by molar-refractivity contribution is -0.122. The van der Waals surface area contributed by atoms with Gasteiger partial charge in [-0.2, -0.15) is 0 Å². The zero-order chi connectivity index (χ0) is 18.2. The fourth-order valence-electron chi connectivity index (χ4n) is 3.39. The Kier molecular flexibility index (Phi) is 6.61. The van der Waals surface area contributed by atoms with Gasteiger partial charge in [-0.05, 0) is 55.6 Å². The molecule has 0 bridgehead atoms. The molecule has 1 fully saturated rings. The maximum Gasteiger partial charge on any atom is 0.234 e. The lowest BCUT2D eigenvalue weighted by Crippen LogP contribution is -2.41. The second-order valence-corrected chi connectivity index (χ2v) is 6.61. The zero-order valence-electron chi connectivity index (χ0n) is 14.9. The Balaban J connectivity index is 1.40. The van der Waals surface area contributed by atoms with Crippen LogP contribution in [0.3, 0.4) is 0 Å². The van der Waals surface area contributed by atoms with Crippen molar-refractivity contribution in [2.45, 2.75) is 25.3 Å². The summed E-state index contributed by atoms with van der Waals surface area (Å²) < 4.78 is 18.9. The van der Waals surface area contributed by atoms with Crippen molar-refractivity contribution in [1.82, 2.24) is 10.2 Å². The molecule has 2 aromatic rings. The van der Waals surface area contributed by atoms with Gasteiger partial charge in [0.25, 0.3) is 0 Å². The summed E-state index contributed by atoms with van der Waals surface area (Å²) in [6.07, 6.45) is 2.90. The summed E-state index contributed by atoms with van der Waals surface area (Å²) in [6, 6.07) is 16.6. The molecule has 0 aliphatic carbocycles. The van der Waals surface area contributed by atoms with E-state index in [0.717, 1.165) is 37.1 Å². The molecule has 1 unspecified atom stereocenters. The number of halogens is 1. The molecule has 5 heteroatoms. The van der Waals surface area contributed by atoms with Crippen molar-refractivity contribution in [2.75, 3.05) is 26.2 Å². The molecule has 1 saturated heterocycles. The Labute approximate surface area is 154 Å². The fraction of sp³-hybridized carbons (Fsp3) is 0.381. The molecule has 2 aromatic carbocycles. The van der Waals surface area contributed by atoms with Crippen molar-refractivity contribution in [3.8, 4) is 5.75 Å². The number of rotatable bonds is 8. The van der Waals surface area contributed by atoms with E-state index < -0.39 is 0 Å². The van der Waals surface area contributed by atoms with Crippen LogP contribution in [0.25, 0.3) is 0 Å². The van der Waals surface area contributed by atoms with Crippen molar-refractivity contribution < 1.29 is 13.9 Å². The third-order valence-corrected chi connectivity index (χ3v) is 4.64. The number of nitrogens with zero attached hydrogens (tertiary/aromatic N) is 1. The number of amides is 1. The number of nitrogens with one attached hydrogen (secondary N) is 1. The molecule has 1 heterocycles. The first kappa shape index (κ1) is 18.4. The molecular weight excluding hydrogens is 331 g/mol. The largest absolute Gasteiger partial charge is 0.492 e. The van der Waals surface area contributed by atoms with Gasteiger partial charge in [0.05, 0.1) is 13.1 Å². The number of hydrogen-bond donors (Lipinski definition) is 1. The van der Waals surface area contributed by atoms with E-state index in [0.29, 0.717) is 25.7 Å². The minimum atomic E-state index is -0.205. The number of likely N-dealkylation sites (tertiary alicyclic amines) is 1. The topological polar surface area (TPSA) is 41.6 Å². The van der Waals surface area contributed by atoms with E-state index in [4.69, 9.17) is 4.74 Å². The minimum Gasteiger partial charge on any atom is -0.492 e. The van der Waals surface area contributed by atoms with E-state index in [2.05, 4.69) is 10.2 Å². The molecule has 1 aliphatic heterocycles. The smallest absolute Gasteiger partial charge is 0.234 e. The normalized spacial score (nSPS) is 17.2. The molecule has 26 heavy (non-hydrogen) atoms. The highest BCUT2D eigenvalue weighted by molar-refractivity contribution is 5.78. The molecule has 0 radical (unpaired) electrons. The molecule has 138 valence electrons. The van der Waals surface area contributed by atoms with Gasteiger partial charge in [-0.3, -0.25) is 9.69 Å². The molecular formula is C21H25FN2O2. The van der Waals surface area contributed by atoms with Gasteiger partial charge in [0, 0.05) is 6.04 Å². The highest BCUT2D eigenvalue weighted by atomic mass is 19.1. The predicted octanol–water partition coefficient (Wildman–Crippen LogP) is 3.03. The Hall–Kier alpha value is -2.40. The number of ether oxygens (including phenoxy) is 1. The third-order valence-electron chi connectivity index (χ3n) is 4.64. The van der Waals surface area contributed by atoms with Gasteiger partial charge in [-0.25, -0.2) is 4.39 Å². The van der Waals surface area contributed by atoms with Crippen LogP contribution in [0.15, 0.2) is 54.6 Å². The number of carbonyl (C=O) groups is 1. The van der Waals surface area contributed by atoms with Gasteiger partial charge >= 0.3 is 0 Å². The van der Waals surface area contributed by atoms with Crippen molar-refractivity contribution in [3.05, 3.63) is 66.0 Å². The van der Waals surface area contributed by atoms with E-state index in [-0.39, 0.29) is 11.7 Å². The summed E-state index contributed by atoms with van der Waals surface area (Å²) in [7, 11) is 0. The molecule has 1 atom stereocenters. The van der Waals surface area contributed by atoms with E-state index in [1.807, 2.05) is 36.4 Å². The molecule has 1 aliphatic rings. The van der Waals surface area contributed by atoms with Gasteiger partial charge < -0.3 is 10.1 Å². The molecule has 1 N–H and O–H groups in total. The number of hydrogen-bond acceptors (Lipinski definition) is 3. The highest BCUT2D eigenvalue weighted by Crippen LogP contribution is 2.21. The van der Waals surface area contributed by atoms with Crippen molar-refractivity contribution >= 4 is 5.91 Å². The molecule has 0 spiro atoms. The third kappa shape index (κ3) is 5.56. The molecule has 1 amide bonds.